The van der Waals surface area contributed by atoms with Crippen LogP contribution in [0.25, 0.3) is 0 Å². The molecule has 0 radical (unpaired) electrons. The summed E-state index contributed by atoms with van der Waals surface area (Å²) in [7, 11) is 0. The van der Waals surface area contributed by atoms with E-state index in [9.17, 15) is 8.78 Å². The maximum Gasteiger partial charge on any atom is 0.282 e. The lowest BCUT2D eigenvalue weighted by Gasteiger charge is -2.08. The van der Waals surface area contributed by atoms with Gasteiger partial charge in [0.05, 0.1) is 11.6 Å². The molecule has 1 aromatic heterocycles. The Kier molecular flexibility index (Phi) is 3.44. The molecule has 0 aliphatic heterocycles. The van der Waals surface area contributed by atoms with Crippen molar-refractivity contribution in [3.05, 3.63) is 21.9 Å². The predicted molar refractivity (Wildman–Crippen MR) is 50.9 cm³/mol. The molecule has 6 heteroatoms. The summed E-state index contributed by atoms with van der Waals surface area (Å²) in [5, 5.41) is 0. The number of nitrogens with two attached hydrogens (primary N) is 1. The maximum atomic E-state index is 12.2. The maximum absolute atomic E-state index is 12.2. The first-order valence-corrected chi connectivity index (χ1v) is 4.67. The lowest BCUT2D eigenvalue weighted by molar-refractivity contribution is 0.147. The molecule has 0 aliphatic rings. The Morgan fingerprint density at radius 2 is 2.23 bits per heavy atom. The fourth-order valence-corrected chi connectivity index (χ4v) is 1.64. The summed E-state index contributed by atoms with van der Waals surface area (Å²) in [6.45, 7) is 0. The molecular weight excluding hydrogens is 265 g/mol. The summed E-state index contributed by atoms with van der Waals surface area (Å²) in [6.07, 6.45) is -1.38. The van der Waals surface area contributed by atoms with E-state index in [4.69, 9.17) is 17.3 Å². The van der Waals surface area contributed by atoms with E-state index in [1.54, 1.807) is 0 Å². The van der Waals surface area contributed by atoms with Gasteiger partial charge in [-0.15, -0.1) is 11.6 Å². The smallest absolute Gasteiger partial charge is 0.282 e. The van der Waals surface area contributed by atoms with Crippen LogP contribution in [-0.4, -0.2) is 4.98 Å². The number of rotatable bonds is 2. The molecule has 1 rings (SSSR count). The zero-order chi connectivity index (χ0) is 10.0. The van der Waals surface area contributed by atoms with Gasteiger partial charge in [0.15, 0.2) is 0 Å². The molecule has 72 valence electrons. The van der Waals surface area contributed by atoms with E-state index >= 15 is 0 Å². The quantitative estimate of drug-likeness (QED) is 0.840. The van der Waals surface area contributed by atoms with Gasteiger partial charge in [-0.3, -0.25) is 4.98 Å². The van der Waals surface area contributed by atoms with Crippen molar-refractivity contribution in [3.8, 4) is 0 Å². The molecule has 2 nitrogen and oxygen atoms in total. The van der Waals surface area contributed by atoms with Gasteiger partial charge in [-0.1, -0.05) is 0 Å². The Balaban J connectivity index is 3.23. The summed E-state index contributed by atoms with van der Waals surface area (Å²) in [6, 6.07) is 0. The summed E-state index contributed by atoms with van der Waals surface area (Å²) in [4.78, 5) is 3.52. The van der Waals surface area contributed by atoms with Crippen LogP contribution >= 0.6 is 27.5 Å². The number of nitrogens with zero attached hydrogens (tertiary/aromatic N) is 1. The van der Waals surface area contributed by atoms with Crippen molar-refractivity contribution >= 4 is 33.2 Å². The van der Waals surface area contributed by atoms with E-state index in [1.807, 2.05) is 0 Å². The van der Waals surface area contributed by atoms with Gasteiger partial charge in [-0.05, 0) is 15.9 Å². The van der Waals surface area contributed by atoms with E-state index in [2.05, 4.69) is 20.9 Å². The van der Waals surface area contributed by atoms with Gasteiger partial charge < -0.3 is 5.73 Å². The Labute approximate surface area is 87.2 Å². The number of halogens is 4. The van der Waals surface area contributed by atoms with Crippen LogP contribution in [0.2, 0.25) is 0 Å². The van der Waals surface area contributed by atoms with Gasteiger partial charge in [-0.2, -0.15) is 0 Å². The zero-order valence-electron chi connectivity index (χ0n) is 6.40. The Morgan fingerprint density at radius 3 is 2.69 bits per heavy atom. The van der Waals surface area contributed by atoms with Crippen LogP contribution in [0.4, 0.5) is 14.5 Å². The third-order valence-corrected chi connectivity index (χ3v) is 2.73. The van der Waals surface area contributed by atoms with Gasteiger partial charge in [0.25, 0.3) is 6.43 Å². The molecule has 1 heterocycles. The van der Waals surface area contributed by atoms with Gasteiger partial charge in [-0.25, -0.2) is 8.78 Å². The molecule has 0 amide bonds. The van der Waals surface area contributed by atoms with E-state index in [0.717, 1.165) is 0 Å². The normalized spacial score (nSPS) is 10.8. The first-order valence-electron chi connectivity index (χ1n) is 3.34. The molecule has 0 atom stereocenters. The van der Waals surface area contributed by atoms with E-state index in [0.29, 0.717) is 10.0 Å². The van der Waals surface area contributed by atoms with Crippen molar-refractivity contribution in [3.63, 3.8) is 0 Å². The van der Waals surface area contributed by atoms with Crippen LogP contribution in [0.3, 0.4) is 0 Å². The highest BCUT2D eigenvalue weighted by Crippen LogP contribution is 2.31. The zero-order valence-corrected chi connectivity index (χ0v) is 8.74. The first-order chi connectivity index (χ1) is 6.07. The molecule has 0 saturated carbocycles. The standard InChI is InChI=1S/C7H6BrClF2N2/c8-4-3(1-9)2-13-6(5(4)12)7(10)11/h2,7H,1,12H2. The largest absolute Gasteiger partial charge is 0.396 e. The van der Waals surface area contributed by atoms with Crippen LogP contribution in [0, 0.1) is 0 Å². The second-order valence-corrected chi connectivity index (χ2v) is 3.39. The number of anilines is 1. The second kappa shape index (κ2) is 4.19. The number of pyridine rings is 1. The third kappa shape index (κ3) is 2.08. The molecule has 0 aliphatic carbocycles. The molecule has 2 N–H and O–H groups in total. The molecule has 0 bridgehead atoms. The third-order valence-electron chi connectivity index (χ3n) is 1.50. The highest BCUT2D eigenvalue weighted by atomic mass is 79.9. The summed E-state index contributed by atoms with van der Waals surface area (Å²) < 4.78 is 24.9. The van der Waals surface area contributed by atoms with Crippen LogP contribution in [-0.2, 0) is 5.88 Å². The molecule has 1 aromatic rings. The number of alkyl halides is 3. The highest BCUT2D eigenvalue weighted by molar-refractivity contribution is 9.10. The average Bonchev–Trinajstić information content (AvgIpc) is 2.09. The summed E-state index contributed by atoms with van der Waals surface area (Å²) in [5.41, 5.74) is 5.55. The monoisotopic (exact) mass is 270 g/mol. The molecule has 0 unspecified atom stereocenters. The van der Waals surface area contributed by atoms with Gasteiger partial charge in [0.2, 0.25) is 0 Å². The van der Waals surface area contributed by atoms with E-state index in [1.165, 1.54) is 6.20 Å². The summed E-state index contributed by atoms with van der Waals surface area (Å²) >= 11 is 8.60. The minimum atomic E-state index is -2.67. The predicted octanol–water partition coefficient (Wildman–Crippen LogP) is 3.10. The SMILES string of the molecule is Nc1c(C(F)F)ncc(CCl)c1Br. The molecule has 0 spiro atoms. The fourth-order valence-electron chi connectivity index (χ4n) is 0.826. The van der Waals surface area contributed by atoms with E-state index in [-0.39, 0.29) is 11.6 Å². The number of hydrogen-bond donors (Lipinski definition) is 1. The van der Waals surface area contributed by atoms with Crippen molar-refractivity contribution in [1.82, 2.24) is 4.98 Å². The highest BCUT2D eigenvalue weighted by Gasteiger charge is 2.16. The first kappa shape index (κ1) is 10.7. The number of nitrogen functional groups attached to an aromatic ring is 1. The van der Waals surface area contributed by atoms with Crippen molar-refractivity contribution in [2.75, 3.05) is 5.73 Å². The van der Waals surface area contributed by atoms with Crippen molar-refractivity contribution in [1.29, 1.82) is 0 Å². The van der Waals surface area contributed by atoms with Gasteiger partial charge >= 0.3 is 0 Å². The number of aromatic nitrogens is 1. The molecule has 0 fully saturated rings. The number of hydrogen-bond acceptors (Lipinski definition) is 2. The fraction of sp³-hybridized carbons (Fsp3) is 0.286. The van der Waals surface area contributed by atoms with Crippen LogP contribution in [0.15, 0.2) is 10.7 Å². The Morgan fingerprint density at radius 1 is 1.62 bits per heavy atom. The van der Waals surface area contributed by atoms with Crippen molar-refractivity contribution in [2.24, 2.45) is 0 Å². The average molecular weight is 271 g/mol. The minimum absolute atomic E-state index is 0.0480. The second-order valence-electron chi connectivity index (χ2n) is 2.33. The molecule has 0 aromatic carbocycles. The van der Waals surface area contributed by atoms with Gasteiger partial charge in [0.1, 0.15) is 5.69 Å². The minimum Gasteiger partial charge on any atom is -0.396 e. The van der Waals surface area contributed by atoms with Crippen molar-refractivity contribution in [2.45, 2.75) is 12.3 Å². The topological polar surface area (TPSA) is 38.9 Å². The lowest BCUT2D eigenvalue weighted by atomic mass is 10.2. The van der Waals surface area contributed by atoms with Crippen LogP contribution < -0.4 is 5.73 Å². The van der Waals surface area contributed by atoms with Crippen LogP contribution in [0.1, 0.15) is 17.7 Å². The summed E-state index contributed by atoms with van der Waals surface area (Å²) in [5.74, 6) is 0.182. The van der Waals surface area contributed by atoms with Crippen molar-refractivity contribution < 1.29 is 8.78 Å². The van der Waals surface area contributed by atoms with E-state index < -0.39 is 12.1 Å². The van der Waals surface area contributed by atoms with Gasteiger partial charge in [0, 0.05) is 16.2 Å². The Bertz CT molecular complexity index is 320. The molecule has 13 heavy (non-hydrogen) atoms. The lowest BCUT2D eigenvalue weighted by Crippen LogP contribution is -2.01. The Hall–Kier alpha value is -0.420. The molecule has 0 saturated heterocycles. The van der Waals surface area contributed by atoms with Crippen LogP contribution in [0.5, 0.6) is 0 Å². The molecular formula is C7H6BrClF2N2.